The maximum atomic E-state index is 9.27. The summed E-state index contributed by atoms with van der Waals surface area (Å²) in [7, 11) is 0. The third-order valence-electron chi connectivity index (χ3n) is 3.13. The normalized spacial score (nSPS) is 10.3. The third-order valence-corrected chi connectivity index (χ3v) is 3.13. The van der Waals surface area contributed by atoms with Gasteiger partial charge in [0, 0.05) is 18.5 Å². The summed E-state index contributed by atoms with van der Waals surface area (Å²) in [5.41, 5.74) is 2.78. The van der Waals surface area contributed by atoms with Crippen molar-refractivity contribution in [3.63, 3.8) is 0 Å². The Kier molecular flexibility index (Phi) is 3.47. The molecule has 0 atom stereocenters. The fourth-order valence-electron chi connectivity index (χ4n) is 2.13. The van der Waals surface area contributed by atoms with Gasteiger partial charge in [-0.3, -0.25) is 0 Å². The van der Waals surface area contributed by atoms with Gasteiger partial charge in [0.25, 0.3) is 0 Å². The standard InChI is InChI=1S/C15H17N3/c1-4-18(5-2)15-13(10-16)9-12-8-11(3)6-7-14(12)17-15/h6-9H,4-5H2,1-3H3. The summed E-state index contributed by atoms with van der Waals surface area (Å²) in [5, 5.41) is 10.3. The predicted octanol–water partition coefficient (Wildman–Crippen LogP) is 3.26. The fraction of sp³-hybridized carbons (Fsp3) is 0.333. The summed E-state index contributed by atoms with van der Waals surface area (Å²) in [4.78, 5) is 6.74. The van der Waals surface area contributed by atoms with Gasteiger partial charge >= 0.3 is 0 Å². The molecule has 0 saturated carbocycles. The molecule has 0 spiro atoms. The zero-order chi connectivity index (χ0) is 13.1. The number of rotatable bonds is 3. The highest BCUT2D eigenvalue weighted by molar-refractivity contribution is 5.83. The van der Waals surface area contributed by atoms with Crippen LogP contribution in [0.25, 0.3) is 10.9 Å². The second-order valence-electron chi connectivity index (χ2n) is 4.34. The molecule has 0 unspecified atom stereocenters. The predicted molar refractivity (Wildman–Crippen MR) is 74.8 cm³/mol. The smallest absolute Gasteiger partial charge is 0.147 e. The Bertz CT molecular complexity index is 607. The molecule has 0 bridgehead atoms. The van der Waals surface area contributed by atoms with Crippen LogP contribution < -0.4 is 4.90 Å². The number of aromatic nitrogens is 1. The first-order chi connectivity index (χ1) is 8.69. The molecule has 18 heavy (non-hydrogen) atoms. The van der Waals surface area contributed by atoms with Crippen LogP contribution in [0.2, 0.25) is 0 Å². The van der Waals surface area contributed by atoms with E-state index in [9.17, 15) is 5.26 Å². The molecule has 1 aromatic carbocycles. The van der Waals surface area contributed by atoms with Crippen molar-refractivity contribution < 1.29 is 0 Å². The Morgan fingerprint density at radius 2 is 1.94 bits per heavy atom. The first kappa shape index (κ1) is 12.4. The van der Waals surface area contributed by atoms with Crippen molar-refractivity contribution in [3.8, 4) is 6.07 Å². The molecule has 2 aromatic rings. The highest BCUT2D eigenvalue weighted by Gasteiger charge is 2.11. The molecule has 0 aliphatic heterocycles. The molecule has 0 aliphatic rings. The SMILES string of the molecule is CCN(CC)c1nc2ccc(C)cc2cc1C#N. The average Bonchev–Trinajstić information content (AvgIpc) is 2.39. The number of hydrogen-bond donors (Lipinski definition) is 0. The van der Waals surface area contributed by atoms with Gasteiger partial charge in [0.05, 0.1) is 11.1 Å². The molecule has 0 radical (unpaired) electrons. The maximum Gasteiger partial charge on any atom is 0.147 e. The molecule has 0 amide bonds. The minimum Gasteiger partial charge on any atom is -0.356 e. The van der Waals surface area contributed by atoms with Crippen molar-refractivity contribution in [2.45, 2.75) is 20.8 Å². The Balaban J connectivity index is 2.67. The van der Waals surface area contributed by atoms with Crippen molar-refractivity contribution in [2.24, 2.45) is 0 Å². The molecule has 92 valence electrons. The van der Waals surface area contributed by atoms with Gasteiger partial charge in [-0.1, -0.05) is 11.6 Å². The highest BCUT2D eigenvalue weighted by atomic mass is 15.2. The van der Waals surface area contributed by atoms with E-state index in [1.165, 1.54) is 5.56 Å². The number of nitriles is 1. The largest absolute Gasteiger partial charge is 0.356 e. The van der Waals surface area contributed by atoms with Crippen LogP contribution >= 0.6 is 0 Å². The zero-order valence-electron chi connectivity index (χ0n) is 11.1. The Labute approximate surface area is 108 Å². The third kappa shape index (κ3) is 2.14. The highest BCUT2D eigenvalue weighted by Crippen LogP contribution is 2.23. The van der Waals surface area contributed by atoms with Gasteiger partial charge in [-0.15, -0.1) is 0 Å². The fourth-order valence-corrected chi connectivity index (χ4v) is 2.13. The minimum atomic E-state index is 0.650. The summed E-state index contributed by atoms with van der Waals surface area (Å²) in [6.07, 6.45) is 0. The number of benzene rings is 1. The minimum absolute atomic E-state index is 0.650. The number of fused-ring (bicyclic) bond motifs is 1. The van der Waals surface area contributed by atoms with E-state index in [1.807, 2.05) is 25.1 Å². The van der Waals surface area contributed by atoms with E-state index in [1.54, 1.807) is 0 Å². The van der Waals surface area contributed by atoms with E-state index in [2.05, 4.69) is 35.9 Å². The molecular formula is C15H17N3. The zero-order valence-corrected chi connectivity index (χ0v) is 11.1. The molecular weight excluding hydrogens is 222 g/mol. The summed E-state index contributed by atoms with van der Waals surface area (Å²) in [6.45, 7) is 7.91. The monoisotopic (exact) mass is 239 g/mol. The van der Waals surface area contributed by atoms with Gasteiger partial charge in [0.1, 0.15) is 11.9 Å². The van der Waals surface area contributed by atoms with Gasteiger partial charge in [-0.25, -0.2) is 4.98 Å². The Morgan fingerprint density at radius 3 is 2.56 bits per heavy atom. The molecule has 0 N–H and O–H groups in total. The van der Waals surface area contributed by atoms with Crippen LogP contribution in [0.4, 0.5) is 5.82 Å². The van der Waals surface area contributed by atoms with Crippen molar-refractivity contribution in [1.82, 2.24) is 4.98 Å². The summed E-state index contributed by atoms with van der Waals surface area (Å²) < 4.78 is 0. The summed E-state index contributed by atoms with van der Waals surface area (Å²) in [6, 6.07) is 10.3. The van der Waals surface area contributed by atoms with Crippen LogP contribution in [0, 0.1) is 18.3 Å². The first-order valence-corrected chi connectivity index (χ1v) is 6.26. The molecule has 0 saturated heterocycles. The first-order valence-electron chi connectivity index (χ1n) is 6.26. The van der Waals surface area contributed by atoms with Gasteiger partial charge in [0.15, 0.2) is 0 Å². The van der Waals surface area contributed by atoms with Crippen molar-refractivity contribution in [2.75, 3.05) is 18.0 Å². The average molecular weight is 239 g/mol. The lowest BCUT2D eigenvalue weighted by Gasteiger charge is -2.21. The Hall–Kier alpha value is -2.08. The van der Waals surface area contributed by atoms with Crippen LogP contribution in [0.1, 0.15) is 25.0 Å². The van der Waals surface area contributed by atoms with Crippen molar-refractivity contribution in [3.05, 3.63) is 35.4 Å². The van der Waals surface area contributed by atoms with E-state index in [0.29, 0.717) is 5.56 Å². The van der Waals surface area contributed by atoms with Gasteiger partial charge in [0.2, 0.25) is 0 Å². The van der Waals surface area contributed by atoms with Crippen LogP contribution in [0.3, 0.4) is 0 Å². The molecule has 0 aliphatic carbocycles. The van der Waals surface area contributed by atoms with Gasteiger partial charge < -0.3 is 4.90 Å². The number of nitrogens with zero attached hydrogens (tertiary/aromatic N) is 3. The lowest BCUT2D eigenvalue weighted by Crippen LogP contribution is -2.24. The Morgan fingerprint density at radius 1 is 1.22 bits per heavy atom. The second kappa shape index (κ2) is 5.05. The van der Waals surface area contributed by atoms with E-state index in [-0.39, 0.29) is 0 Å². The molecule has 1 heterocycles. The van der Waals surface area contributed by atoms with E-state index >= 15 is 0 Å². The van der Waals surface area contributed by atoms with E-state index < -0.39 is 0 Å². The quantitative estimate of drug-likeness (QED) is 0.825. The number of pyridine rings is 1. The van der Waals surface area contributed by atoms with Crippen molar-refractivity contribution in [1.29, 1.82) is 5.26 Å². The molecule has 3 nitrogen and oxygen atoms in total. The molecule has 3 heteroatoms. The lowest BCUT2D eigenvalue weighted by molar-refractivity contribution is 0.847. The van der Waals surface area contributed by atoms with Crippen molar-refractivity contribution >= 4 is 16.7 Å². The summed E-state index contributed by atoms with van der Waals surface area (Å²) in [5.74, 6) is 0.791. The van der Waals surface area contributed by atoms with Crippen LogP contribution in [0.5, 0.6) is 0 Å². The van der Waals surface area contributed by atoms with Crippen LogP contribution in [-0.4, -0.2) is 18.1 Å². The summed E-state index contributed by atoms with van der Waals surface area (Å²) >= 11 is 0. The van der Waals surface area contributed by atoms with Gasteiger partial charge in [-0.2, -0.15) is 5.26 Å². The van der Waals surface area contributed by atoms with Crippen LogP contribution in [-0.2, 0) is 0 Å². The topological polar surface area (TPSA) is 39.9 Å². The second-order valence-corrected chi connectivity index (χ2v) is 4.34. The van der Waals surface area contributed by atoms with E-state index in [4.69, 9.17) is 0 Å². The number of aryl methyl sites for hydroxylation is 1. The van der Waals surface area contributed by atoms with E-state index in [0.717, 1.165) is 29.8 Å². The lowest BCUT2D eigenvalue weighted by atomic mass is 10.1. The molecule has 0 fully saturated rings. The number of hydrogen-bond acceptors (Lipinski definition) is 3. The molecule has 1 aromatic heterocycles. The molecule has 2 rings (SSSR count). The maximum absolute atomic E-state index is 9.27. The van der Waals surface area contributed by atoms with Crippen LogP contribution in [0.15, 0.2) is 24.3 Å². The number of anilines is 1. The van der Waals surface area contributed by atoms with Gasteiger partial charge in [-0.05, 0) is 39.0 Å².